The average molecular weight is 626 g/mol. The molecule has 0 unspecified atom stereocenters. The molecule has 4 heterocycles. The number of piperidine rings is 1. The van der Waals surface area contributed by atoms with E-state index in [4.69, 9.17) is 21.1 Å². The van der Waals surface area contributed by atoms with Crippen molar-refractivity contribution in [1.29, 1.82) is 0 Å². The van der Waals surface area contributed by atoms with E-state index < -0.39 is 11.2 Å². The van der Waals surface area contributed by atoms with E-state index >= 15 is 0 Å². The molecule has 3 aliphatic rings. The molecular weight excluding hydrogens is 586 g/mol. The lowest BCUT2D eigenvalue weighted by Crippen LogP contribution is -2.51. The molecule has 0 bridgehead atoms. The third kappa shape index (κ3) is 5.97. The van der Waals surface area contributed by atoms with Crippen molar-refractivity contribution in [2.45, 2.75) is 77.2 Å². The maximum Gasteiger partial charge on any atom is 0.410 e. The Morgan fingerprint density at radius 3 is 2.43 bits per heavy atom. The Morgan fingerprint density at radius 2 is 1.80 bits per heavy atom. The summed E-state index contributed by atoms with van der Waals surface area (Å²) in [4.78, 5) is 47.2. The third-order valence-electron chi connectivity index (χ3n) is 9.00. The van der Waals surface area contributed by atoms with Crippen molar-refractivity contribution < 1.29 is 24.2 Å². The molecule has 2 amide bonds. The van der Waals surface area contributed by atoms with E-state index in [9.17, 15) is 19.5 Å². The molecule has 1 saturated carbocycles. The molecule has 3 aromatic rings. The summed E-state index contributed by atoms with van der Waals surface area (Å²) in [6.07, 6.45) is 3.69. The Kier molecular flexibility index (Phi) is 7.78. The first-order chi connectivity index (χ1) is 20.8. The van der Waals surface area contributed by atoms with Crippen LogP contribution in [0.15, 0.2) is 41.5 Å². The van der Waals surface area contributed by atoms with Crippen LogP contribution in [0.1, 0.15) is 65.0 Å². The van der Waals surface area contributed by atoms with Crippen LogP contribution in [0.4, 0.5) is 4.79 Å². The standard InChI is InChI=1S/C32H40ClN5O6/c1-30(2,3)44-29(41)37-15-16-43-18-24(37)21-5-7-22(8-6-21)38-25(33)17-23-26(38)34-20-36(27(23)39)19-32(42)11-13-35(14-12-32)28(40)31(4)9-10-31/h5-8,17,20,24,42H,9-16,18-19H2,1-4H3/t24-/m1/s1. The summed E-state index contributed by atoms with van der Waals surface area (Å²) < 4.78 is 14.4. The monoisotopic (exact) mass is 625 g/mol. The number of halogens is 1. The molecule has 1 N–H and O–H groups in total. The zero-order valence-corrected chi connectivity index (χ0v) is 26.5. The van der Waals surface area contributed by atoms with E-state index in [1.807, 2.05) is 56.9 Å². The van der Waals surface area contributed by atoms with E-state index in [0.717, 1.165) is 18.4 Å². The van der Waals surface area contributed by atoms with Crippen molar-refractivity contribution in [3.63, 3.8) is 0 Å². The predicted octanol–water partition coefficient (Wildman–Crippen LogP) is 4.30. The first kappa shape index (κ1) is 30.6. The molecule has 2 saturated heterocycles. The summed E-state index contributed by atoms with van der Waals surface area (Å²) in [6, 6.07) is 8.85. The van der Waals surface area contributed by atoms with Gasteiger partial charge in [0.1, 0.15) is 17.1 Å². The summed E-state index contributed by atoms with van der Waals surface area (Å²) in [6.45, 7) is 9.76. The number of hydrogen-bond donors (Lipinski definition) is 1. The Labute approximate surface area is 261 Å². The second-order valence-electron chi connectivity index (χ2n) is 13.7. The molecule has 236 valence electrons. The Hall–Kier alpha value is -3.41. The van der Waals surface area contributed by atoms with E-state index in [2.05, 4.69) is 4.98 Å². The maximum atomic E-state index is 13.5. The molecule has 11 nitrogen and oxygen atoms in total. The number of hydrogen-bond acceptors (Lipinski definition) is 7. The van der Waals surface area contributed by atoms with Gasteiger partial charge >= 0.3 is 6.09 Å². The van der Waals surface area contributed by atoms with E-state index in [1.165, 1.54) is 10.9 Å². The molecule has 2 aliphatic heterocycles. The number of likely N-dealkylation sites (tertiary alicyclic amines) is 1. The fourth-order valence-electron chi connectivity index (χ4n) is 6.09. The Bertz CT molecular complexity index is 1630. The van der Waals surface area contributed by atoms with Crippen LogP contribution in [0.25, 0.3) is 16.7 Å². The van der Waals surface area contributed by atoms with Gasteiger partial charge in [-0.3, -0.25) is 23.6 Å². The summed E-state index contributed by atoms with van der Waals surface area (Å²) >= 11 is 6.65. The lowest BCUT2D eigenvalue weighted by atomic mass is 9.90. The second kappa shape index (κ2) is 11.2. The zero-order chi connectivity index (χ0) is 31.4. The lowest BCUT2D eigenvalue weighted by Gasteiger charge is -2.39. The number of nitrogens with zero attached hydrogens (tertiary/aromatic N) is 5. The highest BCUT2D eigenvalue weighted by atomic mass is 35.5. The van der Waals surface area contributed by atoms with Gasteiger partial charge in [0.15, 0.2) is 5.65 Å². The number of aromatic nitrogens is 3. The highest BCUT2D eigenvalue weighted by molar-refractivity contribution is 6.31. The predicted molar refractivity (Wildman–Crippen MR) is 165 cm³/mol. The summed E-state index contributed by atoms with van der Waals surface area (Å²) in [5.74, 6) is 0.163. The van der Waals surface area contributed by atoms with Gasteiger partial charge in [0.25, 0.3) is 5.56 Å². The molecule has 6 rings (SSSR count). The van der Waals surface area contributed by atoms with Gasteiger partial charge in [0.05, 0.1) is 36.8 Å². The number of aliphatic hydroxyl groups is 1. The summed E-state index contributed by atoms with van der Waals surface area (Å²) in [7, 11) is 0. The quantitative estimate of drug-likeness (QED) is 0.449. The molecule has 2 aromatic heterocycles. The van der Waals surface area contributed by atoms with E-state index in [-0.39, 0.29) is 35.6 Å². The van der Waals surface area contributed by atoms with Crippen LogP contribution in [-0.2, 0) is 20.8 Å². The van der Waals surface area contributed by atoms with Crippen molar-refractivity contribution in [1.82, 2.24) is 23.9 Å². The van der Waals surface area contributed by atoms with Gasteiger partial charge in [-0.2, -0.15) is 0 Å². The molecule has 1 aromatic carbocycles. The van der Waals surface area contributed by atoms with Crippen LogP contribution >= 0.6 is 11.6 Å². The maximum absolute atomic E-state index is 13.5. The molecule has 0 spiro atoms. The van der Waals surface area contributed by atoms with Gasteiger partial charge in [-0.25, -0.2) is 9.78 Å². The van der Waals surface area contributed by atoms with Crippen molar-refractivity contribution in [3.05, 3.63) is 57.7 Å². The number of morpholine rings is 1. The van der Waals surface area contributed by atoms with Gasteiger partial charge in [-0.1, -0.05) is 30.7 Å². The van der Waals surface area contributed by atoms with Gasteiger partial charge in [-0.15, -0.1) is 0 Å². The minimum absolute atomic E-state index is 0.0865. The molecule has 1 atom stereocenters. The third-order valence-corrected chi connectivity index (χ3v) is 9.27. The van der Waals surface area contributed by atoms with Gasteiger partial charge in [0, 0.05) is 30.7 Å². The van der Waals surface area contributed by atoms with Gasteiger partial charge < -0.3 is 19.5 Å². The number of benzene rings is 1. The Balaban J connectivity index is 1.20. The number of fused-ring (bicyclic) bond motifs is 1. The normalized spacial score (nSPS) is 21.4. The van der Waals surface area contributed by atoms with Crippen LogP contribution in [0.2, 0.25) is 5.15 Å². The molecule has 1 aliphatic carbocycles. The number of rotatable bonds is 5. The Morgan fingerprint density at radius 1 is 1.11 bits per heavy atom. The molecular formula is C32H40ClN5O6. The SMILES string of the molecule is CC(C)(C)OC(=O)N1CCOC[C@@H]1c1ccc(-n2c(Cl)cc3c(=O)n(CC4(O)CCN(C(=O)C5(C)CC5)CC4)cnc32)cc1. The van der Waals surface area contributed by atoms with Crippen LogP contribution in [0.3, 0.4) is 0 Å². The van der Waals surface area contributed by atoms with E-state index in [0.29, 0.717) is 67.6 Å². The molecule has 44 heavy (non-hydrogen) atoms. The highest BCUT2D eigenvalue weighted by Crippen LogP contribution is 2.47. The average Bonchev–Trinajstić information content (AvgIpc) is 3.64. The molecule has 3 fully saturated rings. The van der Waals surface area contributed by atoms with Gasteiger partial charge in [-0.05, 0) is 70.2 Å². The van der Waals surface area contributed by atoms with Crippen LogP contribution in [-0.4, -0.2) is 85.1 Å². The van der Waals surface area contributed by atoms with Crippen molar-refractivity contribution in [2.75, 3.05) is 32.8 Å². The van der Waals surface area contributed by atoms with Crippen molar-refractivity contribution >= 4 is 34.6 Å². The minimum atomic E-state index is -1.11. The number of ether oxygens (including phenoxy) is 2. The second-order valence-corrected chi connectivity index (χ2v) is 14.0. The molecule has 0 radical (unpaired) electrons. The number of amides is 2. The number of carbonyl (C=O) groups is 2. The molecule has 12 heteroatoms. The lowest BCUT2D eigenvalue weighted by molar-refractivity contribution is -0.141. The largest absolute Gasteiger partial charge is 0.444 e. The fourth-order valence-corrected chi connectivity index (χ4v) is 6.38. The minimum Gasteiger partial charge on any atom is -0.444 e. The van der Waals surface area contributed by atoms with Crippen molar-refractivity contribution in [2.24, 2.45) is 5.41 Å². The van der Waals surface area contributed by atoms with E-state index in [1.54, 1.807) is 15.5 Å². The highest BCUT2D eigenvalue weighted by Gasteiger charge is 2.48. The zero-order valence-electron chi connectivity index (χ0n) is 25.7. The topological polar surface area (TPSA) is 119 Å². The first-order valence-electron chi connectivity index (χ1n) is 15.2. The van der Waals surface area contributed by atoms with Crippen LogP contribution in [0, 0.1) is 5.41 Å². The summed E-state index contributed by atoms with van der Waals surface area (Å²) in [5, 5.41) is 12.0. The summed E-state index contributed by atoms with van der Waals surface area (Å²) in [5.41, 5.74) is -0.251. The first-order valence-corrected chi connectivity index (χ1v) is 15.6. The van der Waals surface area contributed by atoms with Crippen LogP contribution < -0.4 is 5.56 Å². The van der Waals surface area contributed by atoms with Crippen LogP contribution in [0.5, 0.6) is 0 Å². The van der Waals surface area contributed by atoms with Crippen molar-refractivity contribution in [3.8, 4) is 5.69 Å². The number of carbonyl (C=O) groups excluding carboxylic acids is 2. The van der Waals surface area contributed by atoms with Gasteiger partial charge in [0.2, 0.25) is 5.91 Å². The fraction of sp³-hybridized carbons (Fsp3) is 0.562. The smallest absolute Gasteiger partial charge is 0.410 e.